The van der Waals surface area contributed by atoms with Gasteiger partial charge in [-0.1, -0.05) is 24.3 Å². The third-order valence-corrected chi connectivity index (χ3v) is 3.66. The Labute approximate surface area is 151 Å². The highest BCUT2D eigenvalue weighted by Gasteiger charge is 2.06. The molecule has 6 nitrogen and oxygen atoms in total. The molecule has 0 fully saturated rings. The van der Waals surface area contributed by atoms with E-state index < -0.39 is 0 Å². The number of hydrazone groups is 1. The number of nitrogens with one attached hydrogen (secondary N) is 3. The van der Waals surface area contributed by atoms with Gasteiger partial charge in [-0.15, -0.1) is 0 Å². The molecule has 0 saturated carbocycles. The van der Waals surface area contributed by atoms with Crippen molar-refractivity contribution in [3.8, 4) is 0 Å². The quantitative estimate of drug-likeness (QED) is 0.442. The Morgan fingerprint density at radius 3 is 2.42 bits per heavy atom. The maximum Gasteiger partial charge on any atom is 0.205 e. The van der Waals surface area contributed by atoms with E-state index in [1.165, 1.54) is 0 Å². The molecule has 1 aromatic carbocycles. The monoisotopic (exact) mass is 358 g/mol. The predicted octanol–water partition coefficient (Wildman–Crippen LogP) is 2.20. The number of para-hydroxylation sites is 1. The number of aromatic nitrogens is 1. The average Bonchev–Trinajstić information content (AvgIpc) is 2.64. The molecule has 0 atom stereocenters. The summed E-state index contributed by atoms with van der Waals surface area (Å²) in [5.74, 6) is 0. The third-order valence-electron chi connectivity index (χ3n) is 3.09. The molecule has 0 amide bonds. The molecule has 0 radical (unpaired) electrons. The lowest BCUT2D eigenvalue weighted by atomic mass is 10.3. The molecular formula is C16H18N6S2. The normalized spacial score (nSPS) is 10.7. The number of hydrogen-bond acceptors (Lipinski definition) is 4. The lowest BCUT2D eigenvalue weighted by molar-refractivity contribution is 0.823. The molecule has 1 heterocycles. The van der Waals surface area contributed by atoms with Crippen LogP contribution in [0.2, 0.25) is 0 Å². The lowest BCUT2D eigenvalue weighted by Crippen LogP contribution is -2.50. The second-order valence-corrected chi connectivity index (χ2v) is 5.60. The van der Waals surface area contributed by atoms with Crippen LogP contribution in [0.4, 0.5) is 5.69 Å². The van der Waals surface area contributed by atoms with Crippen LogP contribution in [0.1, 0.15) is 12.6 Å². The summed E-state index contributed by atoms with van der Waals surface area (Å²) in [7, 11) is 1.87. The van der Waals surface area contributed by atoms with Crippen LogP contribution < -0.4 is 21.2 Å². The summed E-state index contributed by atoms with van der Waals surface area (Å²) < 4.78 is 0. The standard InChI is InChI=1S/C16H18N6S2/c1-12(14-10-6-7-11-17-14)18-19-15(23)20-21-16(24)22(2)13-8-4-3-5-9-13/h3-11H,1-2H3,(H,21,24)(H2,19,20,23)/b18-12-. The second-order valence-electron chi connectivity index (χ2n) is 4.80. The number of hydrogen-bond donors (Lipinski definition) is 3. The smallest absolute Gasteiger partial charge is 0.205 e. The summed E-state index contributed by atoms with van der Waals surface area (Å²) in [6.45, 7) is 1.85. The van der Waals surface area contributed by atoms with Crippen molar-refractivity contribution in [1.82, 2.24) is 21.3 Å². The van der Waals surface area contributed by atoms with E-state index in [9.17, 15) is 0 Å². The largest absolute Gasteiger partial charge is 0.321 e. The fraction of sp³-hybridized carbons (Fsp3) is 0.125. The Hall–Kier alpha value is -2.58. The van der Waals surface area contributed by atoms with E-state index in [0.29, 0.717) is 10.2 Å². The first-order chi connectivity index (χ1) is 11.6. The topological polar surface area (TPSA) is 64.6 Å². The summed E-state index contributed by atoms with van der Waals surface area (Å²) in [6, 6.07) is 15.4. The van der Waals surface area contributed by atoms with Gasteiger partial charge in [0.05, 0.1) is 11.4 Å². The molecule has 0 spiro atoms. The number of benzene rings is 1. The average molecular weight is 358 g/mol. The molecule has 2 rings (SSSR count). The molecule has 0 bridgehead atoms. The minimum absolute atomic E-state index is 0.300. The lowest BCUT2D eigenvalue weighted by Gasteiger charge is -2.21. The Bertz CT molecular complexity index is 718. The fourth-order valence-electron chi connectivity index (χ4n) is 1.76. The molecule has 0 unspecified atom stereocenters. The summed E-state index contributed by atoms with van der Waals surface area (Å²) in [6.07, 6.45) is 1.71. The zero-order valence-corrected chi connectivity index (χ0v) is 15.0. The fourth-order valence-corrected chi connectivity index (χ4v) is 2.01. The van der Waals surface area contributed by atoms with Crippen molar-refractivity contribution in [3.63, 3.8) is 0 Å². The van der Waals surface area contributed by atoms with E-state index in [4.69, 9.17) is 24.4 Å². The van der Waals surface area contributed by atoms with E-state index in [-0.39, 0.29) is 0 Å². The van der Waals surface area contributed by atoms with Crippen LogP contribution in [0, 0.1) is 0 Å². The molecule has 3 N–H and O–H groups in total. The molecule has 0 saturated heterocycles. The maximum atomic E-state index is 5.31. The van der Waals surface area contributed by atoms with Crippen LogP contribution in [0.5, 0.6) is 0 Å². The molecule has 0 aliphatic heterocycles. The first kappa shape index (κ1) is 17.8. The number of thiocarbonyl (C=S) groups is 2. The van der Waals surface area contributed by atoms with Crippen LogP contribution in [-0.2, 0) is 0 Å². The van der Waals surface area contributed by atoms with E-state index >= 15 is 0 Å². The van der Waals surface area contributed by atoms with Gasteiger partial charge < -0.3 is 4.90 Å². The number of pyridine rings is 1. The minimum Gasteiger partial charge on any atom is -0.321 e. The van der Waals surface area contributed by atoms with Crippen LogP contribution in [-0.4, -0.2) is 28.0 Å². The number of hydrazine groups is 1. The van der Waals surface area contributed by atoms with Gasteiger partial charge in [0.2, 0.25) is 5.11 Å². The highest BCUT2D eigenvalue weighted by atomic mass is 32.1. The van der Waals surface area contributed by atoms with Crippen molar-refractivity contribution in [2.75, 3.05) is 11.9 Å². The first-order valence-corrected chi connectivity index (χ1v) is 8.00. The summed E-state index contributed by atoms with van der Waals surface area (Å²) in [4.78, 5) is 6.04. The third kappa shape index (κ3) is 5.25. The van der Waals surface area contributed by atoms with Gasteiger partial charge in [-0.25, -0.2) is 0 Å². The molecule has 124 valence electrons. The zero-order chi connectivity index (χ0) is 17.4. The van der Waals surface area contributed by atoms with Gasteiger partial charge in [0, 0.05) is 18.9 Å². The van der Waals surface area contributed by atoms with Gasteiger partial charge in [0.15, 0.2) is 5.11 Å². The van der Waals surface area contributed by atoms with Crippen molar-refractivity contribution < 1.29 is 0 Å². The van der Waals surface area contributed by atoms with E-state index in [1.54, 1.807) is 6.20 Å². The maximum absolute atomic E-state index is 5.31. The van der Waals surface area contributed by atoms with Crippen LogP contribution in [0.15, 0.2) is 59.8 Å². The van der Waals surface area contributed by atoms with Gasteiger partial charge in [0.1, 0.15) is 0 Å². The molecule has 1 aromatic heterocycles. The van der Waals surface area contributed by atoms with Gasteiger partial charge in [0.25, 0.3) is 0 Å². The summed E-state index contributed by atoms with van der Waals surface area (Å²) in [5.41, 5.74) is 10.9. The van der Waals surface area contributed by atoms with Crippen LogP contribution in [0.3, 0.4) is 0 Å². The van der Waals surface area contributed by atoms with Crippen molar-refractivity contribution in [2.45, 2.75) is 6.92 Å². The van der Waals surface area contributed by atoms with Gasteiger partial charge in [-0.2, -0.15) is 5.10 Å². The Balaban J connectivity index is 1.82. The number of anilines is 1. The Morgan fingerprint density at radius 1 is 1.04 bits per heavy atom. The Kier molecular flexibility index (Phi) is 6.59. The zero-order valence-electron chi connectivity index (χ0n) is 13.4. The number of nitrogens with zero attached hydrogens (tertiary/aromatic N) is 3. The number of rotatable bonds is 3. The van der Waals surface area contributed by atoms with Crippen LogP contribution >= 0.6 is 24.4 Å². The molecule has 0 aliphatic carbocycles. The second kappa shape index (κ2) is 8.90. The van der Waals surface area contributed by atoms with E-state index in [1.807, 2.05) is 67.4 Å². The van der Waals surface area contributed by atoms with E-state index in [2.05, 4.69) is 26.4 Å². The molecular weight excluding hydrogens is 340 g/mol. The van der Waals surface area contributed by atoms with Gasteiger partial charge in [-0.05, 0) is 55.6 Å². The van der Waals surface area contributed by atoms with Crippen LogP contribution in [0.25, 0.3) is 0 Å². The van der Waals surface area contributed by atoms with Crippen molar-refractivity contribution >= 4 is 46.1 Å². The molecule has 0 aliphatic rings. The Morgan fingerprint density at radius 2 is 1.75 bits per heavy atom. The van der Waals surface area contributed by atoms with E-state index in [0.717, 1.165) is 17.1 Å². The molecule has 2 aromatic rings. The SMILES string of the molecule is C/C(=N/NC(=S)NNC(=S)N(C)c1ccccc1)c1ccccn1. The highest BCUT2D eigenvalue weighted by molar-refractivity contribution is 7.80. The summed E-state index contributed by atoms with van der Waals surface area (Å²) >= 11 is 10.5. The van der Waals surface area contributed by atoms with Gasteiger partial charge >= 0.3 is 0 Å². The van der Waals surface area contributed by atoms with Gasteiger partial charge in [-0.3, -0.25) is 21.3 Å². The van der Waals surface area contributed by atoms with Crippen molar-refractivity contribution in [1.29, 1.82) is 0 Å². The summed E-state index contributed by atoms with van der Waals surface area (Å²) in [5, 5.41) is 4.96. The highest BCUT2D eigenvalue weighted by Crippen LogP contribution is 2.10. The molecule has 8 heteroatoms. The first-order valence-electron chi connectivity index (χ1n) is 7.18. The molecule has 24 heavy (non-hydrogen) atoms. The predicted molar refractivity (Wildman–Crippen MR) is 106 cm³/mol. The van der Waals surface area contributed by atoms with Crippen molar-refractivity contribution in [3.05, 3.63) is 60.4 Å². The minimum atomic E-state index is 0.300. The van der Waals surface area contributed by atoms with Crippen molar-refractivity contribution in [2.24, 2.45) is 5.10 Å².